The highest BCUT2D eigenvalue weighted by Crippen LogP contribution is 2.19. The van der Waals surface area contributed by atoms with Crippen molar-refractivity contribution in [3.05, 3.63) is 35.8 Å². The first kappa shape index (κ1) is 14.1. The maximum absolute atomic E-state index is 12.4. The molecule has 1 fully saturated rings. The summed E-state index contributed by atoms with van der Waals surface area (Å²) in [5.41, 5.74) is 2.53. The van der Waals surface area contributed by atoms with Crippen LogP contribution in [-0.2, 0) is 4.74 Å². The molecule has 1 atom stereocenters. The summed E-state index contributed by atoms with van der Waals surface area (Å²) in [6.45, 7) is 5.66. The minimum atomic E-state index is -0.0304. The fourth-order valence-electron chi connectivity index (χ4n) is 2.87. The zero-order valence-electron chi connectivity index (χ0n) is 12.5. The van der Waals surface area contributed by atoms with E-state index in [4.69, 9.17) is 4.74 Å². The van der Waals surface area contributed by atoms with Crippen LogP contribution in [0, 0.1) is 12.8 Å². The Morgan fingerprint density at radius 2 is 2.24 bits per heavy atom. The summed E-state index contributed by atoms with van der Waals surface area (Å²) < 4.78 is 7.34. The van der Waals surface area contributed by atoms with Crippen molar-refractivity contribution in [2.24, 2.45) is 5.92 Å². The molecule has 3 rings (SSSR count). The zero-order valence-corrected chi connectivity index (χ0v) is 12.5. The Kier molecular flexibility index (Phi) is 3.92. The van der Waals surface area contributed by atoms with E-state index in [9.17, 15) is 4.79 Å². The standard InChI is InChI=1S/C16H21N3O2/c1-11-10-17-15-9-14(3-6-19(11)15)16(20)18-12(2)13-4-7-21-8-5-13/h3,6,9-10,12-13H,4-5,7-8H2,1-2H3,(H,18,20)/t12-/m0/s1. The number of aromatic nitrogens is 2. The molecule has 2 aromatic heterocycles. The van der Waals surface area contributed by atoms with Crippen molar-refractivity contribution in [2.75, 3.05) is 13.2 Å². The average Bonchev–Trinajstić information content (AvgIpc) is 2.89. The second-order valence-corrected chi connectivity index (χ2v) is 5.76. The lowest BCUT2D eigenvalue weighted by molar-refractivity contribution is 0.0538. The Hall–Kier alpha value is -1.88. The predicted molar refractivity (Wildman–Crippen MR) is 80.4 cm³/mol. The molecule has 0 saturated carbocycles. The van der Waals surface area contributed by atoms with Crippen LogP contribution in [0.1, 0.15) is 35.8 Å². The van der Waals surface area contributed by atoms with Gasteiger partial charge in [-0.3, -0.25) is 4.79 Å². The summed E-state index contributed by atoms with van der Waals surface area (Å²) >= 11 is 0. The maximum atomic E-state index is 12.4. The van der Waals surface area contributed by atoms with Crippen molar-refractivity contribution < 1.29 is 9.53 Å². The number of imidazole rings is 1. The van der Waals surface area contributed by atoms with E-state index in [2.05, 4.69) is 17.2 Å². The minimum absolute atomic E-state index is 0.0304. The Morgan fingerprint density at radius 3 is 3.00 bits per heavy atom. The van der Waals surface area contributed by atoms with Crippen LogP contribution >= 0.6 is 0 Å². The predicted octanol–water partition coefficient (Wildman–Crippen LogP) is 2.19. The van der Waals surface area contributed by atoms with E-state index < -0.39 is 0 Å². The number of amides is 1. The van der Waals surface area contributed by atoms with Gasteiger partial charge < -0.3 is 14.5 Å². The highest BCUT2D eigenvalue weighted by molar-refractivity contribution is 5.95. The van der Waals surface area contributed by atoms with E-state index in [0.29, 0.717) is 11.5 Å². The van der Waals surface area contributed by atoms with Crippen LogP contribution < -0.4 is 5.32 Å². The monoisotopic (exact) mass is 287 g/mol. The lowest BCUT2D eigenvalue weighted by Crippen LogP contribution is -2.40. The second kappa shape index (κ2) is 5.85. The molecule has 1 aliphatic rings. The number of carbonyl (C=O) groups is 1. The number of rotatable bonds is 3. The molecule has 1 aliphatic heterocycles. The summed E-state index contributed by atoms with van der Waals surface area (Å²) in [4.78, 5) is 16.7. The molecule has 0 aromatic carbocycles. The van der Waals surface area contributed by atoms with Crippen molar-refractivity contribution in [3.8, 4) is 0 Å². The van der Waals surface area contributed by atoms with Gasteiger partial charge in [0.2, 0.25) is 0 Å². The number of hydrogen-bond acceptors (Lipinski definition) is 3. The molecule has 0 radical (unpaired) electrons. The molecule has 21 heavy (non-hydrogen) atoms. The molecule has 2 aromatic rings. The SMILES string of the molecule is Cc1cnc2cc(C(=O)N[C@@H](C)C3CCOCC3)ccn12. The first-order chi connectivity index (χ1) is 10.1. The van der Waals surface area contributed by atoms with Crippen LogP contribution in [0.5, 0.6) is 0 Å². The second-order valence-electron chi connectivity index (χ2n) is 5.76. The number of aryl methyl sites for hydroxylation is 1. The number of pyridine rings is 1. The van der Waals surface area contributed by atoms with E-state index in [1.807, 2.05) is 35.9 Å². The van der Waals surface area contributed by atoms with Gasteiger partial charge in [-0.25, -0.2) is 4.98 Å². The van der Waals surface area contributed by atoms with Gasteiger partial charge in [-0.05, 0) is 44.7 Å². The van der Waals surface area contributed by atoms with Crippen molar-refractivity contribution in [1.29, 1.82) is 0 Å². The van der Waals surface area contributed by atoms with Gasteiger partial charge >= 0.3 is 0 Å². The van der Waals surface area contributed by atoms with Crippen LogP contribution in [0.25, 0.3) is 5.65 Å². The largest absolute Gasteiger partial charge is 0.381 e. The molecule has 112 valence electrons. The first-order valence-electron chi connectivity index (χ1n) is 7.47. The molecular formula is C16H21N3O2. The summed E-state index contributed by atoms with van der Waals surface area (Å²) in [5.74, 6) is 0.470. The zero-order chi connectivity index (χ0) is 14.8. The number of fused-ring (bicyclic) bond motifs is 1. The Morgan fingerprint density at radius 1 is 1.48 bits per heavy atom. The molecule has 0 aliphatic carbocycles. The molecule has 5 nitrogen and oxygen atoms in total. The van der Waals surface area contributed by atoms with Gasteiger partial charge in [-0.15, -0.1) is 0 Å². The molecule has 1 saturated heterocycles. The third kappa shape index (κ3) is 2.93. The molecule has 0 spiro atoms. The van der Waals surface area contributed by atoms with Crippen LogP contribution in [0.2, 0.25) is 0 Å². The number of ether oxygens (including phenoxy) is 1. The quantitative estimate of drug-likeness (QED) is 0.941. The maximum Gasteiger partial charge on any atom is 0.251 e. The molecule has 1 amide bonds. The van der Waals surface area contributed by atoms with Crippen molar-refractivity contribution in [1.82, 2.24) is 14.7 Å². The smallest absolute Gasteiger partial charge is 0.251 e. The summed E-state index contributed by atoms with van der Waals surface area (Å²) in [6.07, 6.45) is 5.73. The van der Waals surface area contributed by atoms with E-state index in [-0.39, 0.29) is 11.9 Å². The van der Waals surface area contributed by atoms with Gasteiger partial charge in [0.25, 0.3) is 5.91 Å². The van der Waals surface area contributed by atoms with Gasteiger partial charge in [-0.2, -0.15) is 0 Å². The summed E-state index contributed by atoms with van der Waals surface area (Å²) in [5, 5.41) is 3.11. The van der Waals surface area contributed by atoms with Crippen molar-refractivity contribution in [3.63, 3.8) is 0 Å². The van der Waals surface area contributed by atoms with Crippen LogP contribution in [0.4, 0.5) is 0 Å². The van der Waals surface area contributed by atoms with Gasteiger partial charge in [0.1, 0.15) is 5.65 Å². The first-order valence-corrected chi connectivity index (χ1v) is 7.47. The topological polar surface area (TPSA) is 55.6 Å². The van der Waals surface area contributed by atoms with Crippen LogP contribution in [0.15, 0.2) is 24.5 Å². The number of nitrogens with zero attached hydrogens (tertiary/aromatic N) is 2. The Balaban J connectivity index is 1.71. The Bertz CT molecular complexity index is 644. The number of carbonyl (C=O) groups excluding carboxylic acids is 1. The molecule has 0 bridgehead atoms. The fourth-order valence-corrected chi connectivity index (χ4v) is 2.87. The molecular weight excluding hydrogens is 266 g/mol. The van der Waals surface area contributed by atoms with E-state index in [0.717, 1.165) is 37.4 Å². The lowest BCUT2D eigenvalue weighted by Gasteiger charge is -2.28. The average molecular weight is 287 g/mol. The normalized spacial score (nSPS) is 17.8. The molecule has 5 heteroatoms. The molecule has 3 heterocycles. The highest BCUT2D eigenvalue weighted by atomic mass is 16.5. The number of nitrogens with one attached hydrogen (secondary N) is 1. The van der Waals surface area contributed by atoms with Crippen molar-refractivity contribution in [2.45, 2.75) is 32.7 Å². The number of hydrogen-bond donors (Lipinski definition) is 1. The van der Waals surface area contributed by atoms with Crippen molar-refractivity contribution >= 4 is 11.6 Å². The fraction of sp³-hybridized carbons (Fsp3) is 0.500. The van der Waals surface area contributed by atoms with Gasteiger partial charge in [-0.1, -0.05) is 0 Å². The van der Waals surface area contributed by atoms with Gasteiger partial charge in [0.05, 0.1) is 0 Å². The van der Waals surface area contributed by atoms with Crippen LogP contribution in [0.3, 0.4) is 0 Å². The van der Waals surface area contributed by atoms with E-state index >= 15 is 0 Å². The Labute approximate surface area is 124 Å². The highest BCUT2D eigenvalue weighted by Gasteiger charge is 2.22. The summed E-state index contributed by atoms with van der Waals surface area (Å²) in [7, 11) is 0. The summed E-state index contributed by atoms with van der Waals surface area (Å²) in [6, 6.07) is 3.84. The van der Waals surface area contributed by atoms with E-state index in [1.54, 1.807) is 0 Å². The van der Waals surface area contributed by atoms with Gasteiger partial charge in [0, 0.05) is 42.9 Å². The van der Waals surface area contributed by atoms with Crippen LogP contribution in [-0.4, -0.2) is 34.5 Å². The molecule has 0 unspecified atom stereocenters. The minimum Gasteiger partial charge on any atom is -0.381 e. The lowest BCUT2D eigenvalue weighted by atomic mass is 9.93. The third-order valence-corrected chi connectivity index (χ3v) is 4.29. The van der Waals surface area contributed by atoms with E-state index in [1.165, 1.54) is 0 Å². The molecule has 1 N–H and O–H groups in total. The van der Waals surface area contributed by atoms with Gasteiger partial charge in [0.15, 0.2) is 0 Å². The third-order valence-electron chi connectivity index (χ3n) is 4.29.